The molecule has 31 heavy (non-hydrogen) atoms. The highest BCUT2D eigenvalue weighted by molar-refractivity contribution is 5.98. The van der Waals surface area contributed by atoms with E-state index in [-0.39, 0.29) is 18.2 Å². The Morgan fingerprint density at radius 1 is 1.42 bits per heavy atom. The van der Waals surface area contributed by atoms with E-state index < -0.39 is 0 Å². The van der Waals surface area contributed by atoms with Gasteiger partial charge in [0.15, 0.2) is 5.65 Å². The lowest BCUT2D eigenvalue weighted by atomic mass is 9.98. The Morgan fingerprint density at radius 3 is 3.10 bits per heavy atom. The highest BCUT2D eigenvalue weighted by Crippen LogP contribution is 2.31. The topological polar surface area (TPSA) is 141 Å². The van der Waals surface area contributed by atoms with Gasteiger partial charge in [-0.15, -0.1) is 0 Å². The van der Waals surface area contributed by atoms with Gasteiger partial charge in [0.2, 0.25) is 5.91 Å². The van der Waals surface area contributed by atoms with Gasteiger partial charge in [-0.1, -0.05) is 0 Å². The lowest BCUT2D eigenvalue weighted by molar-refractivity contribution is -0.132. The fourth-order valence-electron chi connectivity index (χ4n) is 4.02. The van der Waals surface area contributed by atoms with Gasteiger partial charge in [-0.2, -0.15) is 15.5 Å². The van der Waals surface area contributed by atoms with E-state index in [0.717, 1.165) is 18.4 Å². The average molecular weight is 423 g/mol. The van der Waals surface area contributed by atoms with Crippen molar-refractivity contribution in [2.24, 2.45) is 5.92 Å². The van der Waals surface area contributed by atoms with Gasteiger partial charge in [-0.25, -0.2) is 14.6 Å². The first-order chi connectivity index (χ1) is 15.1. The third-order valence-electron chi connectivity index (χ3n) is 5.52. The number of hydrogen-bond donors (Lipinski definition) is 1. The van der Waals surface area contributed by atoms with Gasteiger partial charge in [0.05, 0.1) is 30.8 Å². The summed E-state index contributed by atoms with van der Waals surface area (Å²) in [5, 5.41) is 18.7. The SMILES string of the molecule is COCCn1cc(-c2nn(CC3CCCN(C(=O)CC#N)C3)c3ncnc(N)c23)cn1. The molecule has 3 aromatic rings. The molecule has 0 spiro atoms. The van der Waals surface area contributed by atoms with Gasteiger partial charge in [0.25, 0.3) is 0 Å². The fourth-order valence-corrected chi connectivity index (χ4v) is 4.02. The number of nitriles is 1. The van der Waals surface area contributed by atoms with Crippen LogP contribution in [0.25, 0.3) is 22.3 Å². The minimum Gasteiger partial charge on any atom is -0.383 e. The maximum atomic E-state index is 12.1. The van der Waals surface area contributed by atoms with Gasteiger partial charge >= 0.3 is 0 Å². The number of methoxy groups -OCH3 is 1. The summed E-state index contributed by atoms with van der Waals surface area (Å²) in [7, 11) is 1.65. The zero-order valence-electron chi connectivity index (χ0n) is 17.4. The minimum atomic E-state index is -0.117. The quantitative estimate of drug-likeness (QED) is 0.595. The summed E-state index contributed by atoms with van der Waals surface area (Å²) in [5.74, 6) is 0.464. The summed E-state index contributed by atoms with van der Waals surface area (Å²) < 4.78 is 8.75. The Labute approximate surface area is 179 Å². The Kier molecular flexibility index (Phi) is 6.08. The van der Waals surface area contributed by atoms with Crippen molar-refractivity contribution in [3.8, 4) is 17.3 Å². The number of aromatic nitrogens is 6. The first-order valence-electron chi connectivity index (χ1n) is 10.2. The van der Waals surface area contributed by atoms with Crippen LogP contribution in [-0.4, -0.2) is 67.1 Å². The molecule has 1 aliphatic rings. The maximum absolute atomic E-state index is 12.1. The molecule has 11 nitrogen and oxygen atoms in total. The maximum Gasteiger partial charge on any atom is 0.236 e. The van der Waals surface area contributed by atoms with Gasteiger partial charge in [0, 0.05) is 38.5 Å². The number of nitrogens with two attached hydrogens (primary N) is 1. The number of nitrogen functional groups attached to an aromatic ring is 1. The fraction of sp³-hybridized carbons (Fsp3) is 0.500. The number of carbonyl (C=O) groups is 1. The number of ether oxygens (including phenoxy) is 1. The number of rotatable bonds is 7. The van der Waals surface area contributed by atoms with Crippen LogP contribution in [0.3, 0.4) is 0 Å². The van der Waals surface area contributed by atoms with E-state index in [1.807, 2.05) is 16.9 Å². The summed E-state index contributed by atoms with van der Waals surface area (Å²) in [5.41, 5.74) is 8.36. The van der Waals surface area contributed by atoms with Crippen molar-refractivity contribution >= 4 is 22.8 Å². The number of piperidine rings is 1. The zero-order valence-corrected chi connectivity index (χ0v) is 17.4. The molecule has 162 valence electrons. The lowest BCUT2D eigenvalue weighted by Crippen LogP contribution is -2.41. The third-order valence-corrected chi connectivity index (χ3v) is 5.52. The van der Waals surface area contributed by atoms with E-state index in [1.54, 1.807) is 22.9 Å². The van der Waals surface area contributed by atoms with Crippen LogP contribution in [0.15, 0.2) is 18.7 Å². The monoisotopic (exact) mass is 423 g/mol. The van der Waals surface area contributed by atoms with Crippen molar-refractivity contribution in [3.05, 3.63) is 18.7 Å². The van der Waals surface area contributed by atoms with Gasteiger partial charge in [0.1, 0.15) is 24.3 Å². The van der Waals surface area contributed by atoms with Crippen LogP contribution in [0, 0.1) is 17.2 Å². The molecule has 1 amide bonds. The van der Waals surface area contributed by atoms with Gasteiger partial charge in [-0.3, -0.25) is 9.48 Å². The molecule has 1 aliphatic heterocycles. The van der Waals surface area contributed by atoms with Gasteiger partial charge in [-0.05, 0) is 18.8 Å². The highest BCUT2D eigenvalue weighted by atomic mass is 16.5. The van der Waals surface area contributed by atoms with Crippen molar-refractivity contribution in [1.82, 2.24) is 34.4 Å². The third kappa shape index (κ3) is 4.34. The van der Waals surface area contributed by atoms with Crippen LogP contribution in [-0.2, 0) is 22.6 Å². The molecule has 1 unspecified atom stereocenters. The molecular formula is C20H25N9O2. The van der Waals surface area contributed by atoms with Crippen molar-refractivity contribution in [2.45, 2.75) is 32.4 Å². The van der Waals surface area contributed by atoms with Crippen molar-refractivity contribution < 1.29 is 9.53 Å². The first kappa shape index (κ1) is 20.7. The Morgan fingerprint density at radius 2 is 2.29 bits per heavy atom. The minimum absolute atomic E-state index is 0.0849. The van der Waals surface area contributed by atoms with E-state index in [2.05, 4.69) is 15.1 Å². The number of carbonyl (C=O) groups excluding carboxylic acids is 1. The van der Waals surface area contributed by atoms with Crippen LogP contribution in [0.5, 0.6) is 0 Å². The first-order valence-corrected chi connectivity index (χ1v) is 10.2. The van der Waals surface area contributed by atoms with E-state index in [9.17, 15) is 4.79 Å². The van der Waals surface area contributed by atoms with Crippen molar-refractivity contribution in [1.29, 1.82) is 5.26 Å². The second-order valence-corrected chi connectivity index (χ2v) is 7.66. The molecule has 0 bridgehead atoms. The Balaban J connectivity index is 1.62. The predicted octanol–water partition coefficient (Wildman–Crippen LogP) is 1.07. The van der Waals surface area contributed by atoms with E-state index >= 15 is 0 Å². The van der Waals surface area contributed by atoms with Gasteiger partial charge < -0.3 is 15.4 Å². The van der Waals surface area contributed by atoms with E-state index in [0.29, 0.717) is 55.3 Å². The molecule has 1 fully saturated rings. The molecular weight excluding hydrogens is 398 g/mol. The molecule has 2 N–H and O–H groups in total. The summed E-state index contributed by atoms with van der Waals surface area (Å²) in [6.45, 7) is 3.09. The molecule has 4 rings (SSSR count). The molecule has 4 heterocycles. The molecule has 11 heteroatoms. The number of likely N-dealkylation sites (tertiary alicyclic amines) is 1. The molecule has 0 aliphatic carbocycles. The molecule has 0 aromatic carbocycles. The molecule has 1 atom stereocenters. The number of fused-ring (bicyclic) bond motifs is 1. The average Bonchev–Trinajstić information content (AvgIpc) is 3.38. The normalized spacial score (nSPS) is 16.5. The smallest absolute Gasteiger partial charge is 0.236 e. The largest absolute Gasteiger partial charge is 0.383 e. The second kappa shape index (κ2) is 9.09. The summed E-state index contributed by atoms with van der Waals surface area (Å²) in [6.07, 6.45) is 6.88. The summed E-state index contributed by atoms with van der Waals surface area (Å²) >= 11 is 0. The number of hydrogen-bond acceptors (Lipinski definition) is 8. The molecule has 1 saturated heterocycles. The second-order valence-electron chi connectivity index (χ2n) is 7.66. The number of anilines is 1. The lowest BCUT2D eigenvalue weighted by Gasteiger charge is -2.32. The van der Waals surface area contributed by atoms with Crippen molar-refractivity contribution in [3.63, 3.8) is 0 Å². The molecule has 0 saturated carbocycles. The van der Waals surface area contributed by atoms with Crippen LogP contribution >= 0.6 is 0 Å². The molecule has 3 aromatic heterocycles. The van der Waals surface area contributed by atoms with Crippen LogP contribution < -0.4 is 5.73 Å². The van der Waals surface area contributed by atoms with Crippen LogP contribution in [0.4, 0.5) is 5.82 Å². The number of amides is 1. The summed E-state index contributed by atoms with van der Waals surface area (Å²) in [6, 6.07) is 1.94. The Hall–Kier alpha value is -3.52. The summed E-state index contributed by atoms with van der Waals surface area (Å²) in [4.78, 5) is 22.5. The van der Waals surface area contributed by atoms with Crippen molar-refractivity contribution in [2.75, 3.05) is 32.5 Å². The zero-order chi connectivity index (χ0) is 21.8. The Bertz CT molecular complexity index is 1110. The van der Waals surface area contributed by atoms with E-state index in [1.165, 1.54) is 6.33 Å². The number of nitrogens with zero attached hydrogens (tertiary/aromatic N) is 8. The highest BCUT2D eigenvalue weighted by Gasteiger charge is 2.26. The molecule has 0 radical (unpaired) electrons. The van der Waals surface area contributed by atoms with Crippen LogP contribution in [0.2, 0.25) is 0 Å². The van der Waals surface area contributed by atoms with E-state index in [4.69, 9.17) is 20.8 Å². The predicted molar refractivity (Wildman–Crippen MR) is 112 cm³/mol. The van der Waals surface area contributed by atoms with Crippen LogP contribution in [0.1, 0.15) is 19.3 Å². The standard InChI is InChI=1S/C20H25N9O2/c1-31-8-7-28-12-15(9-25-28)18-17-19(22)23-13-24-20(17)29(26-18)11-14-3-2-6-27(10-14)16(30)4-5-21/h9,12-14H,2-4,6-8,10-11H2,1H3,(H2,22,23,24).